The Bertz CT molecular complexity index is 979. The van der Waals surface area contributed by atoms with Crippen molar-refractivity contribution < 1.29 is 13.2 Å². The van der Waals surface area contributed by atoms with E-state index < -0.39 is 10.0 Å². The highest BCUT2D eigenvalue weighted by Crippen LogP contribution is 2.26. The molecule has 2 aliphatic rings. The molecule has 0 atom stereocenters. The lowest BCUT2D eigenvalue weighted by molar-refractivity contribution is -0.126. The van der Waals surface area contributed by atoms with E-state index in [4.69, 9.17) is 0 Å². The average Bonchev–Trinajstić information content (AvgIpc) is 3.36. The number of piperidine rings is 1. The standard InChI is InChI=1S/C25H33N3O3S/c29-25(26-15-6-18-27-16-4-5-17-27)23-13-19-28(20-14-23)32(30,31)24-11-9-22(10-12-24)21-7-2-1-3-8-21/h1-3,7-12,23H,4-6,13-20H2,(H,26,29). The Morgan fingerprint density at radius 2 is 1.50 bits per heavy atom. The Kier molecular flexibility index (Phi) is 7.60. The lowest BCUT2D eigenvalue weighted by atomic mass is 9.97. The number of hydrogen-bond acceptors (Lipinski definition) is 4. The number of benzene rings is 2. The molecule has 0 aliphatic carbocycles. The normalized spacial score (nSPS) is 18.6. The first-order valence-corrected chi connectivity index (χ1v) is 13.1. The van der Waals surface area contributed by atoms with E-state index in [2.05, 4.69) is 10.2 Å². The molecule has 4 rings (SSSR count). The fraction of sp³-hybridized carbons (Fsp3) is 0.480. The molecular weight excluding hydrogens is 422 g/mol. The lowest BCUT2D eigenvalue weighted by Gasteiger charge is -2.30. The molecule has 7 heteroatoms. The Morgan fingerprint density at radius 1 is 0.875 bits per heavy atom. The van der Waals surface area contributed by atoms with Crippen LogP contribution in [-0.2, 0) is 14.8 Å². The minimum Gasteiger partial charge on any atom is -0.356 e. The topological polar surface area (TPSA) is 69.7 Å². The van der Waals surface area contributed by atoms with Crippen LogP contribution in [0.4, 0.5) is 0 Å². The fourth-order valence-corrected chi connectivity index (χ4v) is 6.09. The van der Waals surface area contributed by atoms with E-state index in [0.29, 0.717) is 37.4 Å². The van der Waals surface area contributed by atoms with Crippen molar-refractivity contribution in [2.24, 2.45) is 5.92 Å². The molecule has 0 unspecified atom stereocenters. The van der Waals surface area contributed by atoms with Crippen molar-refractivity contribution in [2.45, 2.75) is 37.0 Å². The summed E-state index contributed by atoms with van der Waals surface area (Å²) in [6.07, 6.45) is 4.67. The van der Waals surface area contributed by atoms with Gasteiger partial charge in [0.25, 0.3) is 0 Å². The minimum absolute atomic E-state index is 0.0654. The summed E-state index contributed by atoms with van der Waals surface area (Å²) < 4.78 is 27.7. The SMILES string of the molecule is O=C(NCCCN1CCCC1)C1CCN(S(=O)(=O)c2ccc(-c3ccccc3)cc2)CC1. The van der Waals surface area contributed by atoms with Gasteiger partial charge in [-0.3, -0.25) is 4.79 Å². The van der Waals surface area contributed by atoms with Crippen LogP contribution in [0.15, 0.2) is 59.5 Å². The zero-order chi connectivity index (χ0) is 22.4. The predicted molar refractivity (Wildman–Crippen MR) is 127 cm³/mol. The Morgan fingerprint density at radius 3 is 2.16 bits per heavy atom. The molecule has 0 saturated carbocycles. The zero-order valence-corrected chi connectivity index (χ0v) is 19.4. The molecule has 0 spiro atoms. The van der Waals surface area contributed by atoms with Gasteiger partial charge in [0.1, 0.15) is 0 Å². The molecule has 172 valence electrons. The third-order valence-electron chi connectivity index (χ3n) is 6.57. The molecule has 2 heterocycles. The van der Waals surface area contributed by atoms with Gasteiger partial charge in [-0.05, 0) is 75.0 Å². The van der Waals surface area contributed by atoms with Crippen molar-refractivity contribution in [3.05, 3.63) is 54.6 Å². The first-order valence-electron chi connectivity index (χ1n) is 11.7. The van der Waals surface area contributed by atoms with Gasteiger partial charge in [-0.1, -0.05) is 42.5 Å². The van der Waals surface area contributed by atoms with Crippen LogP contribution >= 0.6 is 0 Å². The summed E-state index contributed by atoms with van der Waals surface area (Å²) in [6, 6.07) is 17.0. The van der Waals surface area contributed by atoms with Crippen LogP contribution in [0.1, 0.15) is 32.1 Å². The van der Waals surface area contributed by atoms with E-state index in [9.17, 15) is 13.2 Å². The second-order valence-electron chi connectivity index (χ2n) is 8.76. The highest BCUT2D eigenvalue weighted by atomic mass is 32.2. The number of sulfonamides is 1. The molecule has 2 fully saturated rings. The summed E-state index contributed by atoms with van der Waals surface area (Å²) in [7, 11) is -3.54. The van der Waals surface area contributed by atoms with Gasteiger partial charge in [-0.2, -0.15) is 4.31 Å². The van der Waals surface area contributed by atoms with Crippen molar-refractivity contribution in [3.8, 4) is 11.1 Å². The molecule has 6 nitrogen and oxygen atoms in total. The van der Waals surface area contributed by atoms with Gasteiger partial charge in [0.2, 0.25) is 15.9 Å². The third-order valence-corrected chi connectivity index (χ3v) is 8.49. The minimum atomic E-state index is -3.54. The molecule has 0 radical (unpaired) electrons. The highest BCUT2D eigenvalue weighted by Gasteiger charge is 2.32. The molecule has 0 aromatic heterocycles. The maximum Gasteiger partial charge on any atom is 0.243 e. The van der Waals surface area contributed by atoms with Crippen LogP contribution < -0.4 is 5.32 Å². The van der Waals surface area contributed by atoms with Crippen molar-refractivity contribution in [1.29, 1.82) is 0 Å². The van der Waals surface area contributed by atoms with E-state index in [0.717, 1.165) is 24.1 Å². The summed E-state index contributed by atoms with van der Waals surface area (Å²) in [4.78, 5) is 15.3. The molecule has 2 aromatic carbocycles. The molecule has 32 heavy (non-hydrogen) atoms. The second kappa shape index (κ2) is 10.6. The molecule has 2 aromatic rings. The highest BCUT2D eigenvalue weighted by molar-refractivity contribution is 7.89. The maximum absolute atomic E-state index is 13.1. The number of nitrogens with zero attached hydrogens (tertiary/aromatic N) is 2. The van der Waals surface area contributed by atoms with Crippen LogP contribution in [0.3, 0.4) is 0 Å². The monoisotopic (exact) mass is 455 g/mol. The number of rotatable bonds is 8. The third kappa shape index (κ3) is 5.57. The van der Waals surface area contributed by atoms with Gasteiger partial charge < -0.3 is 10.2 Å². The molecule has 1 N–H and O–H groups in total. The quantitative estimate of drug-likeness (QED) is 0.620. The van der Waals surface area contributed by atoms with E-state index in [1.54, 1.807) is 12.1 Å². The van der Waals surface area contributed by atoms with Crippen molar-refractivity contribution >= 4 is 15.9 Å². The lowest BCUT2D eigenvalue weighted by Crippen LogP contribution is -2.43. The maximum atomic E-state index is 13.1. The number of hydrogen-bond donors (Lipinski definition) is 1. The Labute approximate surface area is 191 Å². The van der Waals surface area contributed by atoms with Gasteiger partial charge in [-0.25, -0.2) is 8.42 Å². The summed E-state index contributed by atoms with van der Waals surface area (Å²) in [5.41, 5.74) is 2.05. The van der Waals surface area contributed by atoms with Crippen LogP contribution in [0.5, 0.6) is 0 Å². The Balaban J connectivity index is 1.26. The predicted octanol–water partition coefficient (Wildman–Crippen LogP) is 3.36. The largest absolute Gasteiger partial charge is 0.356 e. The zero-order valence-electron chi connectivity index (χ0n) is 18.6. The summed E-state index contributed by atoms with van der Waals surface area (Å²) in [5.74, 6) is -0.0376. The smallest absolute Gasteiger partial charge is 0.243 e. The first-order chi connectivity index (χ1) is 15.5. The van der Waals surface area contributed by atoms with Crippen LogP contribution in [0.2, 0.25) is 0 Å². The molecule has 1 amide bonds. The van der Waals surface area contributed by atoms with Crippen LogP contribution in [0.25, 0.3) is 11.1 Å². The first kappa shape index (κ1) is 23.0. The van der Waals surface area contributed by atoms with Gasteiger partial charge >= 0.3 is 0 Å². The second-order valence-corrected chi connectivity index (χ2v) is 10.7. The van der Waals surface area contributed by atoms with Gasteiger partial charge in [0, 0.05) is 25.6 Å². The fourth-order valence-electron chi connectivity index (χ4n) is 4.62. The van der Waals surface area contributed by atoms with Crippen molar-refractivity contribution in [2.75, 3.05) is 39.3 Å². The molecule has 0 bridgehead atoms. The average molecular weight is 456 g/mol. The Hall–Kier alpha value is -2.22. The molecular formula is C25H33N3O3S. The van der Waals surface area contributed by atoms with Crippen LogP contribution in [0, 0.1) is 5.92 Å². The molecule has 2 saturated heterocycles. The summed E-state index contributed by atoms with van der Waals surface area (Å²) >= 11 is 0. The summed E-state index contributed by atoms with van der Waals surface area (Å²) in [5, 5.41) is 3.05. The summed E-state index contributed by atoms with van der Waals surface area (Å²) in [6.45, 7) is 4.86. The van der Waals surface area contributed by atoms with Gasteiger partial charge in [0.15, 0.2) is 0 Å². The number of likely N-dealkylation sites (tertiary alicyclic amines) is 1. The van der Waals surface area contributed by atoms with E-state index in [1.165, 1.54) is 30.2 Å². The van der Waals surface area contributed by atoms with E-state index >= 15 is 0 Å². The van der Waals surface area contributed by atoms with Crippen molar-refractivity contribution in [1.82, 2.24) is 14.5 Å². The van der Waals surface area contributed by atoms with Crippen molar-refractivity contribution in [3.63, 3.8) is 0 Å². The number of nitrogens with one attached hydrogen (secondary N) is 1. The van der Waals surface area contributed by atoms with Gasteiger partial charge in [0.05, 0.1) is 4.90 Å². The number of amides is 1. The number of carbonyl (C=O) groups excluding carboxylic acids is 1. The van der Waals surface area contributed by atoms with Crippen LogP contribution in [-0.4, -0.2) is 62.8 Å². The van der Waals surface area contributed by atoms with Gasteiger partial charge in [-0.15, -0.1) is 0 Å². The molecule has 2 aliphatic heterocycles. The van der Waals surface area contributed by atoms with E-state index in [1.807, 2.05) is 42.5 Å². The van der Waals surface area contributed by atoms with E-state index in [-0.39, 0.29) is 11.8 Å². The number of carbonyl (C=O) groups is 1.